The molecule has 0 radical (unpaired) electrons. The number of aromatic amines is 1. The van der Waals surface area contributed by atoms with E-state index in [0.717, 1.165) is 11.3 Å². The lowest BCUT2D eigenvalue weighted by Gasteiger charge is -2.05. The number of nitrogens with one attached hydrogen (secondary N) is 2. The van der Waals surface area contributed by atoms with Crippen molar-refractivity contribution in [2.24, 2.45) is 0 Å². The molecule has 0 spiro atoms. The van der Waals surface area contributed by atoms with Crippen LogP contribution in [0.15, 0.2) is 29.6 Å². The summed E-state index contributed by atoms with van der Waals surface area (Å²) in [4.78, 5) is 14.6. The minimum absolute atomic E-state index is 0.154. The number of rotatable bonds is 4. The van der Waals surface area contributed by atoms with Gasteiger partial charge in [-0.1, -0.05) is 12.1 Å². The number of amides is 1. The van der Waals surface area contributed by atoms with Crippen molar-refractivity contribution in [2.45, 2.75) is 6.54 Å². The number of aromatic nitrogens is 1. The SMILES string of the molecule is COc1ccc(CNC(=O)c2csc(=S)[nH]2)cc1. The van der Waals surface area contributed by atoms with Gasteiger partial charge in [0.1, 0.15) is 11.4 Å². The lowest BCUT2D eigenvalue weighted by Crippen LogP contribution is -2.22. The Balaban J connectivity index is 1.94. The second-order valence-corrected chi connectivity index (χ2v) is 5.14. The normalized spacial score (nSPS) is 10.1. The van der Waals surface area contributed by atoms with E-state index in [1.807, 2.05) is 24.3 Å². The predicted octanol–water partition coefficient (Wildman–Crippen LogP) is 2.74. The molecule has 1 amide bonds. The van der Waals surface area contributed by atoms with Crippen LogP contribution in [-0.4, -0.2) is 18.0 Å². The molecule has 0 atom stereocenters. The average Bonchev–Trinajstić information content (AvgIpc) is 2.83. The van der Waals surface area contributed by atoms with Crippen LogP contribution in [0, 0.1) is 3.95 Å². The third-order valence-electron chi connectivity index (χ3n) is 2.38. The van der Waals surface area contributed by atoms with Crippen LogP contribution < -0.4 is 10.1 Å². The van der Waals surface area contributed by atoms with Crippen LogP contribution in [0.4, 0.5) is 0 Å². The Hall–Kier alpha value is -1.66. The van der Waals surface area contributed by atoms with Gasteiger partial charge in [0.15, 0.2) is 3.95 Å². The summed E-state index contributed by atoms with van der Waals surface area (Å²) in [6, 6.07) is 7.54. The molecule has 2 rings (SSSR count). The van der Waals surface area contributed by atoms with Gasteiger partial charge in [-0.15, -0.1) is 11.3 Å². The smallest absolute Gasteiger partial charge is 0.268 e. The van der Waals surface area contributed by atoms with Gasteiger partial charge >= 0.3 is 0 Å². The van der Waals surface area contributed by atoms with Crippen molar-refractivity contribution in [2.75, 3.05) is 7.11 Å². The molecule has 18 heavy (non-hydrogen) atoms. The van der Waals surface area contributed by atoms with Crippen molar-refractivity contribution in [3.8, 4) is 5.75 Å². The van der Waals surface area contributed by atoms with E-state index in [9.17, 15) is 4.79 Å². The molecule has 0 saturated heterocycles. The van der Waals surface area contributed by atoms with Gasteiger partial charge in [0.2, 0.25) is 0 Å². The molecule has 94 valence electrons. The highest BCUT2D eigenvalue weighted by molar-refractivity contribution is 7.73. The van der Waals surface area contributed by atoms with Crippen molar-refractivity contribution in [1.29, 1.82) is 0 Å². The Labute approximate surface area is 114 Å². The number of ether oxygens (including phenoxy) is 1. The molecule has 0 saturated carbocycles. The van der Waals surface area contributed by atoms with Crippen molar-refractivity contribution in [3.63, 3.8) is 0 Å². The largest absolute Gasteiger partial charge is 0.497 e. The summed E-state index contributed by atoms with van der Waals surface area (Å²) in [5.74, 6) is 0.644. The fourth-order valence-corrected chi connectivity index (χ4v) is 2.23. The molecule has 2 aromatic rings. The number of thiazole rings is 1. The molecule has 6 heteroatoms. The molecule has 1 heterocycles. The fourth-order valence-electron chi connectivity index (χ4n) is 1.41. The molecule has 0 aliphatic rings. The van der Waals surface area contributed by atoms with Crippen molar-refractivity contribution in [1.82, 2.24) is 10.3 Å². The zero-order valence-corrected chi connectivity index (χ0v) is 11.4. The average molecular weight is 280 g/mol. The van der Waals surface area contributed by atoms with E-state index in [1.165, 1.54) is 11.3 Å². The van der Waals surface area contributed by atoms with Crippen molar-refractivity contribution >= 4 is 29.5 Å². The summed E-state index contributed by atoms with van der Waals surface area (Å²) < 4.78 is 5.67. The predicted molar refractivity (Wildman–Crippen MR) is 73.7 cm³/mol. The van der Waals surface area contributed by atoms with Gasteiger partial charge in [-0.25, -0.2) is 0 Å². The Bertz CT molecular complexity index is 587. The molecule has 0 bridgehead atoms. The highest BCUT2D eigenvalue weighted by Gasteiger charge is 2.06. The maximum atomic E-state index is 11.7. The van der Waals surface area contributed by atoms with Gasteiger partial charge in [-0.3, -0.25) is 4.79 Å². The highest BCUT2D eigenvalue weighted by atomic mass is 32.1. The third-order valence-corrected chi connectivity index (χ3v) is 3.44. The van der Waals surface area contributed by atoms with Crippen LogP contribution in [-0.2, 0) is 6.54 Å². The summed E-state index contributed by atoms with van der Waals surface area (Å²) in [7, 11) is 1.62. The Morgan fingerprint density at radius 3 is 2.72 bits per heavy atom. The molecule has 0 aliphatic heterocycles. The first-order valence-electron chi connectivity index (χ1n) is 5.28. The van der Waals surface area contributed by atoms with Gasteiger partial charge in [-0.05, 0) is 29.9 Å². The Kier molecular flexibility index (Phi) is 4.11. The van der Waals surface area contributed by atoms with Crippen molar-refractivity contribution in [3.05, 3.63) is 44.9 Å². The quantitative estimate of drug-likeness (QED) is 0.847. The topological polar surface area (TPSA) is 54.1 Å². The fraction of sp³-hybridized carbons (Fsp3) is 0.167. The summed E-state index contributed by atoms with van der Waals surface area (Å²) in [6.45, 7) is 0.472. The van der Waals surface area contributed by atoms with E-state index in [-0.39, 0.29) is 5.91 Å². The number of carbonyl (C=O) groups is 1. The Morgan fingerprint density at radius 1 is 1.44 bits per heavy atom. The van der Waals surface area contributed by atoms with E-state index in [1.54, 1.807) is 12.5 Å². The van der Waals surface area contributed by atoms with E-state index >= 15 is 0 Å². The summed E-state index contributed by atoms with van der Waals surface area (Å²) in [5, 5.41) is 4.53. The monoisotopic (exact) mass is 280 g/mol. The molecule has 1 aromatic carbocycles. The summed E-state index contributed by atoms with van der Waals surface area (Å²) >= 11 is 6.27. The van der Waals surface area contributed by atoms with Gasteiger partial charge < -0.3 is 15.0 Å². The number of hydrogen-bond donors (Lipinski definition) is 2. The number of carbonyl (C=O) groups excluding carboxylic acids is 1. The van der Waals surface area contributed by atoms with Gasteiger partial charge in [0.25, 0.3) is 5.91 Å². The number of hydrogen-bond acceptors (Lipinski definition) is 4. The minimum atomic E-state index is -0.154. The van der Waals surface area contributed by atoms with E-state index in [0.29, 0.717) is 16.2 Å². The van der Waals surface area contributed by atoms with Gasteiger partial charge in [0.05, 0.1) is 7.11 Å². The second-order valence-electron chi connectivity index (χ2n) is 3.59. The Morgan fingerprint density at radius 2 is 2.17 bits per heavy atom. The molecule has 0 unspecified atom stereocenters. The molecule has 2 N–H and O–H groups in total. The van der Waals surface area contributed by atoms with Crippen LogP contribution >= 0.6 is 23.6 Å². The number of H-pyrrole nitrogens is 1. The van der Waals surface area contributed by atoms with Gasteiger partial charge in [-0.2, -0.15) is 0 Å². The maximum absolute atomic E-state index is 11.7. The summed E-state index contributed by atoms with van der Waals surface area (Å²) in [6.07, 6.45) is 0. The molecular weight excluding hydrogens is 268 g/mol. The highest BCUT2D eigenvalue weighted by Crippen LogP contribution is 2.11. The summed E-state index contributed by atoms with van der Waals surface area (Å²) in [5.41, 5.74) is 1.51. The van der Waals surface area contributed by atoms with Gasteiger partial charge in [0, 0.05) is 11.9 Å². The lowest BCUT2D eigenvalue weighted by atomic mass is 10.2. The first-order valence-corrected chi connectivity index (χ1v) is 6.57. The standard InChI is InChI=1S/C12H12N2O2S2/c1-16-9-4-2-8(3-5-9)6-13-11(15)10-7-18-12(17)14-10/h2-5,7H,6H2,1H3,(H,13,15)(H,14,17). The second kappa shape index (κ2) is 5.79. The van der Waals surface area contributed by atoms with Crippen LogP contribution in [0.3, 0.4) is 0 Å². The van der Waals surface area contributed by atoms with Crippen LogP contribution in [0.1, 0.15) is 16.1 Å². The number of methoxy groups -OCH3 is 1. The van der Waals surface area contributed by atoms with E-state index in [4.69, 9.17) is 17.0 Å². The van der Waals surface area contributed by atoms with Crippen molar-refractivity contribution < 1.29 is 9.53 Å². The first kappa shape index (κ1) is 12.8. The molecule has 0 fully saturated rings. The lowest BCUT2D eigenvalue weighted by molar-refractivity contribution is 0.0946. The first-order chi connectivity index (χ1) is 8.69. The number of benzene rings is 1. The van der Waals surface area contributed by atoms with Crippen LogP contribution in [0.25, 0.3) is 0 Å². The van der Waals surface area contributed by atoms with Crippen LogP contribution in [0.2, 0.25) is 0 Å². The third kappa shape index (κ3) is 3.18. The zero-order chi connectivity index (χ0) is 13.0. The molecule has 4 nitrogen and oxygen atoms in total. The molecular formula is C12H12N2O2S2. The maximum Gasteiger partial charge on any atom is 0.268 e. The molecule has 1 aromatic heterocycles. The molecule has 0 aliphatic carbocycles. The van der Waals surface area contributed by atoms with E-state index in [2.05, 4.69) is 10.3 Å². The minimum Gasteiger partial charge on any atom is -0.497 e. The van der Waals surface area contributed by atoms with E-state index < -0.39 is 0 Å². The van der Waals surface area contributed by atoms with Crippen LogP contribution in [0.5, 0.6) is 5.75 Å². The zero-order valence-electron chi connectivity index (χ0n) is 9.73.